The van der Waals surface area contributed by atoms with Crippen LogP contribution in [0.1, 0.15) is 12.8 Å². The van der Waals surface area contributed by atoms with E-state index in [1.165, 1.54) is 0 Å². The molecule has 0 N–H and O–H groups in total. The summed E-state index contributed by atoms with van der Waals surface area (Å²) < 4.78 is 5.41. The normalized spacial score (nSPS) is 19.1. The maximum atomic E-state index is 11.0. The van der Waals surface area contributed by atoms with E-state index in [2.05, 4.69) is 16.0 Å². The molecule has 1 saturated heterocycles. The van der Waals surface area contributed by atoms with Gasteiger partial charge in [0.1, 0.15) is 17.9 Å². The Morgan fingerprint density at radius 3 is 3.05 bits per heavy atom. The summed E-state index contributed by atoms with van der Waals surface area (Å²) in [5.41, 5.74) is 0. The summed E-state index contributed by atoms with van der Waals surface area (Å²) in [5, 5.41) is 2.15. The Bertz CT molecular complexity index is 627. The van der Waals surface area contributed by atoms with Gasteiger partial charge in [-0.05, 0) is 25.0 Å². The molecule has 1 aliphatic heterocycles. The number of ether oxygens (including phenoxy) is 1. The van der Waals surface area contributed by atoms with Gasteiger partial charge >= 0.3 is 0 Å². The highest BCUT2D eigenvalue weighted by Gasteiger charge is 2.22. The van der Waals surface area contributed by atoms with Crippen molar-refractivity contribution in [1.29, 1.82) is 0 Å². The molecule has 1 atom stereocenters. The maximum Gasteiger partial charge on any atom is 0.136 e. The summed E-state index contributed by atoms with van der Waals surface area (Å²) in [5.74, 6) is 1.93. The molecule has 20 heavy (non-hydrogen) atoms. The van der Waals surface area contributed by atoms with E-state index in [0.29, 0.717) is 0 Å². The van der Waals surface area contributed by atoms with E-state index >= 15 is 0 Å². The summed E-state index contributed by atoms with van der Waals surface area (Å²) in [4.78, 5) is 17.8. The lowest BCUT2D eigenvalue weighted by Gasteiger charge is -2.31. The molecule has 1 fully saturated rings. The molecule has 0 aliphatic carbocycles. The number of piperidine rings is 1. The van der Waals surface area contributed by atoms with Crippen LogP contribution in [0.2, 0.25) is 0 Å². The van der Waals surface area contributed by atoms with E-state index in [-0.39, 0.29) is 5.92 Å². The Kier molecular flexibility index (Phi) is 3.54. The predicted molar refractivity (Wildman–Crippen MR) is 79.3 cm³/mol. The molecule has 1 aromatic carbocycles. The van der Waals surface area contributed by atoms with Crippen molar-refractivity contribution in [1.82, 2.24) is 4.98 Å². The Balaban J connectivity index is 2.05. The molecule has 2 aromatic rings. The quantitative estimate of drug-likeness (QED) is 0.804. The number of aromatic nitrogens is 1. The number of hydrogen-bond donors (Lipinski definition) is 0. The lowest BCUT2D eigenvalue weighted by Crippen LogP contribution is -2.36. The molecule has 4 nitrogen and oxygen atoms in total. The fourth-order valence-electron chi connectivity index (χ4n) is 2.91. The number of carbonyl (C=O) groups excluding carboxylic acids is 1. The van der Waals surface area contributed by atoms with Gasteiger partial charge in [0.15, 0.2) is 0 Å². The summed E-state index contributed by atoms with van der Waals surface area (Å²) in [7, 11) is 1.68. The van der Waals surface area contributed by atoms with Gasteiger partial charge in [-0.25, -0.2) is 4.98 Å². The molecular formula is C16H18N2O2. The van der Waals surface area contributed by atoms with Crippen LogP contribution in [0.4, 0.5) is 5.82 Å². The van der Waals surface area contributed by atoms with Crippen LogP contribution >= 0.6 is 0 Å². The Hall–Kier alpha value is -2.10. The van der Waals surface area contributed by atoms with Crippen LogP contribution in [-0.2, 0) is 4.79 Å². The summed E-state index contributed by atoms with van der Waals surface area (Å²) in [6, 6.07) is 7.97. The second-order valence-corrected chi connectivity index (χ2v) is 5.17. The highest BCUT2D eigenvalue weighted by Crippen LogP contribution is 2.32. The van der Waals surface area contributed by atoms with E-state index in [1.807, 2.05) is 24.4 Å². The number of methoxy groups -OCH3 is 1. The molecule has 1 aromatic heterocycles. The number of anilines is 1. The first-order valence-electron chi connectivity index (χ1n) is 6.95. The first-order chi connectivity index (χ1) is 9.83. The summed E-state index contributed by atoms with van der Waals surface area (Å²) >= 11 is 0. The van der Waals surface area contributed by atoms with Crippen LogP contribution in [0, 0.1) is 5.92 Å². The Morgan fingerprint density at radius 2 is 2.25 bits per heavy atom. The molecule has 3 rings (SSSR count). The molecule has 104 valence electrons. The second-order valence-electron chi connectivity index (χ2n) is 5.17. The average Bonchev–Trinajstić information content (AvgIpc) is 2.53. The van der Waals surface area contributed by atoms with E-state index in [4.69, 9.17) is 4.74 Å². The van der Waals surface area contributed by atoms with Crippen LogP contribution < -0.4 is 9.64 Å². The number of fused-ring (bicyclic) bond motifs is 1. The topological polar surface area (TPSA) is 42.4 Å². The van der Waals surface area contributed by atoms with Crippen LogP contribution in [0.3, 0.4) is 0 Å². The standard InChI is InChI=1S/C16H18N2O2/c1-20-15-6-2-5-14-13(15)7-8-17-16(14)18-9-3-4-12(10-18)11-19/h2,5-8,11-12H,3-4,9-10H2,1H3. The van der Waals surface area contributed by atoms with Crippen molar-refractivity contribution in [2.24, 2.45) is 5.92 Å². The van der Waals surface area contributed by atoms with Crippen molar-refractivity contribution >= 4 is 22.9 Å². The lowest BCUT2D eigenvalue weighted by atomic mass is 9.99. The first kappa shape index (κ1) is 12.9. The minimum Gasteiger partial charge on any atom is -0.496 e. The second kappa shape index (κ2) is 5.49. The number of nitrogens with zero attached hydrogens (tertiary/aromatic N) is 2. The van der Waals surface area contributed by atoms with Gasteiger partial charge in [-0.1, -0.05) is 12.1 Å². The number of pyridine rings is 1. The van der Waals surface area contributed by atoms with Gasteiger partial charge in [-0.2, -0.15) is 0 Å². The van der Waals surface area contributed by atoms with Crippen LogP contribution in [0.15, 0.2) is 30.5 Å². The molecule has 0 spiro atoms. The molecule has 0 amide bonds. The molecule has 1 unspecified atom stereocenters. The number of rotatable bonds is 3. The number of carbonyl (C=O) groups is 1. The number of aldehydes is 1. The monoisotopic (exact) mass is 270 g/mol. The SMILES string of the molecule is COc1cccc2c(N3CCCC(C=O)C3)nccc12. The minimum atomic E-state index is 0.117. The third kappa shape index (κ3) is 2.22. The van der Waals surface area contributed by atoms with E-state index in [9.17, 15) is 4.79 Å². The third-order valence-electron chi connectivity index (χ3n) is 3.91. The zero-order chi connectivity index (χ0) is 13.9. The lowest BCUT2D eigenvalue weighted by molar-refractivity contribution is -0.111. The number of benzene rings is 1. The maximum absolute atomic E-state index is 11.0. The highest BCUT2D eigenvalue weighted by atomic mass is 16.5. The molecular weight excluding hydrogens is 252 g/mol. The molecule has 4 heteroatoms. The van der Waals surface area contributed by atoms with Gasteiger partial charge in [-0.3, -0.25) is 0 Å². The van der Waals surface area contributed by atoms with Crippen molar-refractivity contribution in [3.63, 3.8) is 0 Å². The van der Waals surface area contributed by atoms with Gasteiger partial charge in [0.2, 0.25) is 0 Å². The van der Waals surface area contributed by atoms with E-state index < -0.39 is 0 Å². The van der Waals surface area contributed by atoms with Gasteiger partial charge in [0.05, 0.1) is 7.11 Å². The highest BCUT2D eigenvalue weighted by molar-refractivity contribution is 5.96. The largest absolute Gasteiger partial charge is 0.496 e. The van der Waals surface area contributed by atoms with Gasteiger partial charge < -0.3 is 14.4 Å². The van der Waals surface area contributed by atoms with Crippen LogP contribution in [-0.4, -0.2) is 31.5 Å². The average molecular weight is 270 g/mol. The third-order valence-corrected chi connectivity index (χ3v) is 3.91. The molecule has 2 heterocycles. The number of hydrogen-bond acceptors (Lipinski definition) is 4. The van der Waals surface area contributed by atoms with Crippen molar-refractivity contribution in [2.75, 3.05) is 25.1 Å². The van der Waals surface area contributed by atoms with E-state index in [1.54, 1.807) is 7.11 Å². The molecule has 1 aliphatic rings. The van der Waals surface area contributed by atoms with Gasteiger partial charge in [-0.15, -0.1) is 0 Å². The zero-order valence-electron chi connectivity index (χ0n) is 11.6. The summed E-state index contributed by atoms with van der Waals surface area (Å²) in [6.07, 6.45) is 4.89. The smallest absolute Gasteiger partial charge is 0.136 e. The van der Waals surface area contributed by atoms with Crippen molar-refractivity contribution in [3.05, 3.63) is 30.5 Å². The minimum absolute atomic E-state index is 0.117. The molecule has 0 radical (unpaired) electrons. The van der Waals surface area contributed by atoms with E-state index in [0.717, 1.165) is 54.6 Å². The Labute approximate surface area is 118 Å². The van der Waals surface area contributed by atoms with Crippen LogP contribution in [0.5, 0.6) is 5.75 Å². The molecule has 0 bridgehead atoms. The predicted octanol–water partition coefficient (Wildman–Crippen LogP) is 2.66. The van der Waals surface area contributed by atoms with Crippen LogP contribution in [0.25, 0.3) is 10.8 Å². The Morgan fingerprint density at radius 1 is 1.35 bits per heavy atom. The van der Waals surface area contributed by atoms with Crippen molar-refractivity contribution in [3.8, 4) is 5.75 Å². The fourth-order valence-corrected chi connectivity index (χ4v) is 2.91. The van der Waals surface area contributed by atoms with Gasteiger partial charge in [0.25, 0.3) is 0 Å². The van der Waals surface area contributed by atoms with Gasteiger partial charge in [0, 0.05) is 36.0 Å². The van der Waals surface area contributed by atoms with Crippen molar-refractivity contribution in [2.45, 2.75) is 12.8 Å². The summed E-state index contributed by atoms with van der Waals surface area (Å²) in [6.45, 7) is 1.71. The molecule has 0 saturated carbocycles. The van der Waals surface area contributed by atoms with Crippen molar-refractivity contribution < 1.29 is 9.53 Å². The zero-order valence-corrected chi connectivity index (χ0v) is 11.6. The fraction of sp³-hybridized carbons (Fsp3) is 0.375. The first-order valence-corrected chi connectivity index (χ1v) is 6.95.